The van der Waals surface area contributed by atoms with E-state index in [2.05, 4.69) is 0 Å². The van der Waals surface area contributed by atoms with Gasteiger partial charge >= 0.3 is 5.63 Å². The van der Waals surface area contributed by atoms with Crippen molar-refractivity contribution in [1.29, 1.82) is 0 Å². The minimum absolute atomic E-state index is 0.190. The topological polar surface area (TPSA) is 189 Å². The molecule has 2 aliphatic heterocycles. The van der Waals surface area contributed by atoms with Crippen molar-refractivity contribution in [3.8, 4) is 5.75 Å². The monoisotopic (exact) mass is 470 g/mol. The van der Waals surface area contributed by atoms with Gasteiger partial charge < -0.3 is 54.0 Å². The molecule has 2 saturated heterocycles. The lowest BCUT2D eigenvalue weighted by atomic mass is 9.98. The summed E-state index contributed by atoms with van der Waals surface area (Å²) in [5.74, 6) is 0.190. The molecule has 0 amide bonds. The summed E-state index contributed by atoms with van der Waals surface area (Å²) < 4.78 is 27.0. The summed E-state index contributed by atoms with van der Waals surface area (Å²) in [5.41, 5.74) is -2.07. The zero-order valence-corrected chi connectivity index (χ0v) is 17.4. The number of fused-ring (bicyclic) bond motifs is 1. The Morgan fingerprint density at radius 2 is 1.73 bits per heavy atom. The summed E-state index contributed by atoms with van der Waals surface area (Å²) in [4.78, 5) is 11.4. The third-order valence-electron chi connectivity index (χ3n) is 5.80. The van der Waals surface area contributed by atoms with Crippen LogP contribution < -0.4 is 10.4 Å². The lowest BCUT2D eigenvalue weighted by molar-refractivity contribution is -0.280. The maximum atomic E-state index is 11.4. The van der Waals surface area contributed by atoms with Gasteiger partial charge in [-0.3, -0.25) is 0 Å². The third-order valence-corrected chi connectivity index (χ3v) is 5.80. The van der Waals surface area contributed by atoms with Crippen LogP contribution in [0.25, 0.3) is 11.0 Å². The molecule has 0 aliphatic carbocycles. The minimum Gasteiger partial charge on any atom is -0.462 e. The first-order valence-corrected chi connectivity index (χ1v) is 10.3. The second-order valence-corrected chi connectivity index (χ2v) is 8.18. The molecule has 182 valence electrons. The van der Waals surface area contributed by atoms with Crippen LogP contribution in [0.15, 0.2) is 39.5 Å². The van der Waals surface area contributed by atoms with Crippen molar-refractivity contribution in [1.82, 2.24) is 0 Å². The molecule has 0 spiro atoms. The molecule has 33 heavy (non-hydrogen) atoms. The van der Waals surface area contributed by atoms with Crippen LogP contribution in [0.3, 0.4) is 0 Å². The lowest BCUT2D eigenvalue weighted by Crippen LogP contribution is -2.60. The zero-order chi connectivity index (χ0) is 23.8. The Kier molecular flexibility index (Phi) is 7.00. The standard InChI is InChI=1S/C21H26O12/c22-8-21(28)9-30-14(19(21)27)7-29-6-13-16(24)17(25)18(26)20(33-13)31-11-3-1-10-2-4-15(23)32-12(10)5-11/h1-5,13-14,16-20,22,24-28H,6-9H2/t13-,14+,16-,17+,18-,19+,20-,21-/m1/s1. The largest absolute Gasteiger partial charge is 0.462 e. The molecular weight excluding hydrogens is 444 g/mol. The van der Waals surface area contributed by atoms with E-state index in [0.29, 0.717) is 5.39 Å². The van der Waals surface area contributed by atoms with Crippen LogP contribution in [0.2, 0.25) is 0 Å². The molecule has 0 saturated carbocycles. The molecular formula is C21H26O12. The van der Waals surface area contributed by atoms with E-state index in [4.69, 9.17) is 23.4 Å². The van der Waals surface area contributed by atoms with Gasteiger partial charge in [-0.25, -0.2) is 4.79 Å². The van der Waals surface area contributed by atoms with Crippen molar-refractivity contribution in [3.05, 3.63) is 40.8 Å². The third kappa shape index (κ3) is 4.89. The Morgan fingerprint density at radius 3 is 2.45 bits per heavy atom. The molecule has 3 heterocycles. The van der Waals surface area contributed by atoms with E-state index in [1.165, 1.54) is 12.1 Å². The van der Waals surface area contributed by atoms with Gasteiger partial charge in [0.2, 0.25) is 6.29 Å². The van der Waals surface area contributed by atoms with E-state index < -0.39 is 60.7 Å². The Hall–Kier alpha value is -2.13. The van der Waals surface area contributed by atoms with Gasteiger partial charge in [0.25, 0.3) is 0 Å². The number of hydrogen-bond acceptors (Lipinski definition) is 12. The lowest BCUT2D eigenvalue weighted by Gasteiger charge is -2.40. The molecule has 0 unspecified atom stereocenters. The highest BCUT2D eigenvalue weighted by Crippen LogP contribution is 2.28. The van der Waals surface area contributed by atoms with Crippen LogP contribution in [0, 0.1) is 0 Å². The molecule has 8 atom stereocenters. The van der Waals surface area contributed by atoms with Crippen LogP contribution >= 0.6 is 0 Å². The minimum atomic E-state index is -1.78. The summed E-state index contributed by atoms with van der Waals surface area (Å²) in [6.45, 7) is -1.41. The van der Waals surface area contributed by atoms with Crippen LogP contribution in [0.1, 0.15) is 0 Å². The zero-order valence-electron chi connectivity index (χ0n) is 17.4. The van der Waals surface area contributed by atoms with E-state index in [9.17, 15) is 35.4 Å². The second-order valence-electron chi connectivity index (χ2n) is 8.18. The molecule has 4 rings (SSSR count). The molecule has 2 fully saturated rings. The number of aliphatic hydroxyl groups excluding tert-OH is 5. The van der Waals surface area contributed by atoms with Crippen LogP contribution in [0.4, 0.5) is 0 Å². The number of hydrogen-bond donors (Lipinski definition) is 6. The predicted octanol–water partition coefficient (Wildman–Crippen LogP) is -2.52. The Labute approximate surface area is 187 Å². The van der Waals surface area contributed by atoms with Crippen LogP contribution in [-0.2, 0) is 14.2 Å². The quantitative estimate of drug-likeness (QED) is 0.233. The van der Waals surface area contributed by atoms with E-state index >= 15 is 0 Å². The van der Waals surface area contributed by atoms with Gasteiger partial charge in [0, 0.05) is 17.5 Å². The number of benzene rings is 1. The maximum Gasteiger partial charge on any atom is 0.336 e. The molecule has 1 aromatic heterocycles. The van der Waals surface area contributed by atoms with E-state index in [0.717, 1.165) is 0 Å². The number of ether oxygens (including phenoxy) is 4. The van der Waals surface area contributed by atoms with E-state index in [1.807, 2.05) is 0 Å². The fourth-order valence-corrected chi connectivity index (χ4v) is 3.75. The molecule has 12 nitrogen and oxygen atoms in total. The number of aliphatic hydroxyl groups is 6. The van der Waals surface area contributed by atoms with Crippen molar-refractivity contribution < 1.29 is 54.0 Å². The fourth-order valence-electron chi connectivity index (χ4n) is 3.75. The summed E-state index contributed by atoms with van der Waals surface area (Å²) in [6, 6.07) is 7.48. The van der Waals surface area contributed by atoms with Crippen LogP contribution in [0.5, 0.6) is 5.75 Å². The second kappa shape index (κ2) is 9.62. The summed E-state index contributed by atoms with van der Waals surface area (Å²) in [6.07, 6.45) is -9.48. The molecule has 0 radical (unpaired) electrons. The highest BCUT2D eigenvalue weighted by Gasteiger charge is 2.48. The highest BCUT2D eigenvalue weighted by atomic mass is 16.7. The average molecular weight is 470 g/mol. The average Bonchev–Trinajstić information content (AvgIpc) is 3.09. The van der Waals surface area contributed by atoms with Gasteiger partial charge in [-0.05, 0) is 18.2 Å². The van der Waals surface area contributed by atoms with Crippen molar-refractivity contribution in [2.24, 2.45) is 0 Å². The van der Waals surface area contributed by atoms with Gasteiger partial charge in [-0.15, -0.1) is 0 Å². The number of rotatable bonds is 7. The Balaban J connectivity index is 1.38. The Bertz CT molecular complexity index is 1010. The van der Waals surface area contributed by atoms with E-state index in [1.54, 1.807) is 18.2 Å². The van der Waals surface area contributed by atoms with Crippen LogP contribution in [-0.4, -0.2) is 106 Å². The van der Waals surface area contributed by atoms with Gasteiger partial charge in [0.05, 0.1) is 26.4 Å². The first-order chi connectivity index (χ1) is 15.7. The van der Waals surface area contributed by atoms with Crippen molar-refractivity contribution in [2.75, 3.05) is 26.4 Å². The summed E-state index contributed by atoms with van der Waals surface area (Å²) in [7, 11) is 0. The molecule has 1 aromatic carbocycles. The van der Waals surface area contributed by atoms with Gasteiger partial charge in [-0.1, -0.05) is 0 Å². The smallest absolute Gasteiger partial charge is 0.336 e. The summed E-state index contributed by atoms with van der Waals surface area (Å²) in [5, 5.41) is 60.7. The SMILES string of the molecule is O=c1ccc2ccc(O[C@@H]3O[C@H](COC[C@@H]4OC[C@](O)(CO)[C@H]4O)[C@@H](O)[C@H](O)[C@H]3O)cc2o1. The first kappa shape index (κ1) is 24.0. The molecule has 12 heteroatoms. The van der Waals surface area contributed by atoms with Gasteiger partial charge in [0.15, 0.2) is 0 Å². The normalized spacial score (nSPS) is 36.8. The fraction of sp³-hybridized carbons (Fsp3) is 0.571. The molecule has 2 aromatic rings. The van der Waals surface area contributed by atoms with Crippen molar-refractivity contribution >= 4 is 11.0 Å². The Morgan fingerprint density at radius 1 is 1.00 bits per heavy atom. The van der Waals surface area contributed by atoms with Gasteiger partial charge in [-0.2, -0.15) is 0 Å². The molecule has 0 bridgehead atoms. The highest BCUT2D eigenvalue weighted by molar-refractivity contribution is 5.77. The summed E-state index contributed by atoms with van der Waals surface area (Å²) >= 11 is 0. The predicted molar refractivity (Wildman–Crippen MR) is 108 cm³/mol. The van der Waals surface area contributed by atoms with Crippen molar-refractivity contribution in [3.63, 3.8) is 0 Å². The first-order valence-electron chi connectivity index (χ1n) is 10.3. The van der Waals surface area contributed by atoms with Gasteiger partial charge in [0.1, 0.15) is 53.6 Å². The molecule has 2 aliphatic rings. The van der Waals surface area contributed by atoms with Crippen molar-refractivity contribution in [2.45, 2.75) is 48.5 Å². The molecule has 6 N–H and O–H groups in total. The maximum absolute atomic E-state index is 11.4. The van der Waals surface area contributed by atoms with E-state index in [-0.39, 0.29) is 31.2 Å².